The molecule has 0 bridgehead atoms. The van der Waals surface area contributed by atoms with Crippen LogP contribution in [-0.2, 0) is 4.79 Å². The highest BCUT2D eigenvalue weighted by Crippen LogP contribution is 2.21. The fourth-order valence-electron chi connectivity index (χ4n) is 2.11. The number of carbonyl (C=O) groups is 1. The Morgan fingerprint density at radius 3 is 2.75 bits per heavy atom. The van der Waals surface area contributed by atoms with Gasteiger partial charge in [-0.25, -0.2) is 8.78 Å². The van der Waals surface area contributed by atoms with E-state index in [9.17, 15) is 13.6 Å². The van der Waals surface area contributed by atoms with E-state index in [4.69, 9.17) is 4.74 Å². The number of hydrogen-bond acceptors (Lipinski definition) is 3. The van der Waals surface area contributed by atoms with Crippen LogP contribution in [0.3, 0.4) is 0 Å². The molecule has 0 N–H and O–H groups in total. The Morgan fingerprint density at radius 2 is 2.10 bits per heavy atom. The minimum Gasteiger partial charge on any atom is -0.481 e. The Labute approximate surface area is 121 Å². The molecular weight excluding hydrogens is 284 g/mol. The van der Waals surface area contributed by atoms with Crippen LogP contribution in [0.4, 0.5) is 8.78 Å². The Balaban J connectivity index is 1.87. The van der Waals surface area contributed by atoms with E-state index in [1.54, 1.807) is 11.9 Å². The third-order valence-electron chi connectivity index (χ3n) is 3.38. The van der Waals surface area contributed by atoms with Gasteiger partial charge in [-0.15, -0.1) is 0 Å². The minimum absolute atomic E-state index is 0.104. The topological polar surface area (TPSA) is 29.5 Å². The Bertz CT molecular complexity index is 478. The Morgan fingerprint density at radius 1 is 1.40 bits per heavy atom. The average Bonchev–Trinajstić information content (AvgIpc) is 2.46. The van der Waals surface area contributed by atoms with Crippen LogP contribution >= 0.6 is 11.8 Å². The largest absolute Gasteiger partial charge is 0.481 e. The van der Waals surface area contributed by atoms with E-state index >= 15 is 0 Å². The van der Waals surface area contributed by atoms with Crippen LogP contribution in [0.2, 0.25) is 0 Å². The van der Waals surface area contributed by atoms with Crippen molar-refractivity contribution in [3.63, 3.8) is 0 Å². The average molecular weight is 301 g/mol. The van der Waals surface area contributed by atoms with Gasteiger partial charge in [0.25, 0.3) is 5.91 Å². The molecule has 1 amide bonds. The van der Waals surface area contributed by atoms with Crippen molar-refractivity contribution in [1.82, 2.24) is 4.90 Å². The molecule has 6 heteroatoms. The molecule has 1 aromatic carbocycles. The SMILES string of the molecule is CN(C(=O)COc1ccc(F)cc1F)C1CCSCC1. The summed E-state index contributed by atoms with van der Waals surface area (Å²) in [5, 5.41) is 0. The van der Waals surface area contributed by atoms with Crippen LogP contribution in [0, 0.1) is 11.6 Å². The fourth-order valence-corrected chi connectivity index (χ4v) is 3.19. The van der Waals surface area contributed by atoms with E-state index in [1.807, 2.05) is 11.8 Å². The van der Waals surface area contributed by atoms with Crippen molar-refractivity contribution in [3.05, 3.63) is 29.8 Å². The zero-order valence-corrected chi connectivity index (χ0v) is 12.1. The van der Waals surface area contributed by atoms with E-state index in [2.05, 4.69) is 0 Å². The molecule has 1 aromatic rings. The number of benzene rings is 1. The zero-order chi connectivity index (χ0) is 14.5. The third-order valence-corrected chi connectivity index (χ3v) is 4.43. The first-order valence-electron chi connectivity index (χ1n) is 6.49. The quantitative estimate of drug-likeness (QED) is 0.856. The molecule has 0 radical (unpaired) electrons. The standard InChI is InChI=1S/C14H17F2NO2S/c1-17(11-4-6-20-7-5-11)14(18)9-19-13-3-2-10(15)8-12(13)16/h2-3,8,11H,4-7,9H2,1H3. The normalized spacial score (nSPS) is 15.9. The molecule has 2 rings (SSSR count). The lowest BCUT2D eigenvalue weighted by atomic mass is 10.1. The number of rotatable bonds is 4. The van der Waals surface area contributed by atoms with Crippen LogP contribution in [0.25, 0.3) is 0 Å². The van der Waals surface area contributed by atoms with Gasteiger partial charge in [-0.05, 0) is 36.5 Å². The summed E-state index contributed by atoms with van der Waals surface area (Å²) in [7, 11) is 1.74. The monoisotopic (exact) mass is 301 g/mol. The molecule has 0 spiro atoms. The molecule has 0 atom stereocenters. The predicted octanol–water partition coefficient (Wildman–Crippen LogP) is 2.70. The number of hydrogen-bond donors (Lipinski definition) is 0. The van der Waals surface area contributed by atoms with Gasteiger partial charge >= 0.3 is 0 Å². The summed E-state index contributed by atoms with van der Waals surface area (Å²) in [6.45, 7) is -0.233. The van der Waals surface area contributed by atoms with Crippen molar-refractivity contribution in [1.29, 1.82) is 0 Å². The first-order chi connectivity index (χ1) is 9.58. The first-order valence-corrected chi connectivity index (χ1v) is 7.64. The van der Waals surface area contributed by atoms with Crippen molar-refractivity contribution in [2.45, 2.75) is 18.9 Å². The van der Waals surface area contributed by atoms with Crippen molar-refractivity contribution < 1.29 is 18.3 Å². The van der Waals surface area contributed by atoms with E-state index in [0.717, 1.165) is 36.5 Å². The minimum atomic E-state index is -0.797. The van der Waals surface area contributed by atoms with Crippen LogP contribution in [0.1, 0.15) is 12.8 Å². The summed E-state index contributed by atoms with van der Waals surface area (Å²) in [6, 6.07) is 3.26. The number of halogens is 2. The maximum atomic E-state index is 13.4. The molecule has 0 aliphatic carbocycles. The maximum absolute atomic E-state index is 13.4. The lowest BCUT2D eigenvalue weighted by molar-refractivity contribution is -0.134. The summed E-state index contributed by atoms with van der Waals surface area (Å²) in [4.78, 5) is 13.7. The summed E-state index contributed by atoms with van der Waals surface area (Å²) in [5.41, 5.74) is 0. The zero-order valence-electron chi connectivity index (χ0n) is 11.3. The van der Waals surface area contributed by atoms with Gasteiger partial charge in [-0.2, -0.15) is 11.8 Å². The molecule has 3 nitrogen and oxygen atoms in total. The Kier molecular flexibility index (Phi) is 5.23. The molecular formula is C14H17F2NO2S. The third kappa shape index (κ3) is 3.85. The van der Waals surface area contributed by atoms with E-state index in [0.29, 0.717) is 0 Å². The predicted molar refractivity (Wildman–Crippen MR) is 75.0 cm³/mol. The van der Waals surface area contributed by atoms with E-state index in [-0.39, 0.29) is 24.3 Å². The molecule has 1 aliphatic heterocycles. The number of thioether (sulfide) groups is 1. The van der Waals surface area contributed by atoms with Gasteiger partial charge in [0.15, 0.2) is 18.2 Å². The van der Waals surface area contributed by atoms with E-state index < -0.39 is 11.6 Å². The molecule has 1 heterocycles. The van der Waals surface area contributed by atoms with Gasteiger partial charge in [0.1, 0.15) is 5.82 Å². The van der Waals surface area contributed by atoms with Gasteiger partial charge in [0.2, 0.25) is 0 Å². The summed E-state index contributed by atoms with van der Waals surface area (Å²) in [6.07, 6.45) is 1.94. The number of carbonyl (C=O) groups excluding carboxylic acids is 1. The second-order valence-electron chi connectivity index (χ2n) is 4.71. The molecule has 110 valence electrons. The van der Waals surface area contributed by atoms with Gasteiger partial charge in [-0.1, -0.05) is 0 Å². The van der Waals surface area contributed by atoms with Crippen LogP contribution in [-0.4, -0.2) is 42.0 Å². The van der Waals surface area contributed by atoms with Crippen molar-refractivity contribution in [3.8, 4) is 5.75 Å². The second kappa shape index (κ2) is 6.92. The molecule has 1 fully saturated rings. The van der Waals surface area contributed by atoms with Gasteiger partial charge in [0, 0.05) is 19.2 Å². The molecule has 20 heavy (non-hydrogen) atoms. The van der Waals surface area contributed by atoms with Crippen LogP contribution in [0.5, 0.6) is 5.75 Å². The van der Waals surface area contributed by atoms with Crippen molar-refractivity contribution in [2.24, 2.45) is 0 Å². The lowest BCUT2D eigenvalue weighted by Crippen LogP contribution is -2.41. The highest BCUT2D eigenvalue weighted by molar-refractivity contribution is 7.99. The number of likely N-dealkylation sites (N-methyl/N-ethyl adjacent to an activating group) is 1. The Hall–Kier alpha value is -1.30. The van der Waals surface area contributed by atoms with Crippen LogP contribution in [0.15, 0.2) is 18.2 Å². The summed E-state index contributed by atoms with van der Waals surface area (Å²) in [5.74, 6) is 0.344. The molecule has 0 saturated carbocycles. The lowest BCUT2D eigenvalue weighted by Gasteiger charge is -2.30. The summed E-state index contributed by atoms with van der Waals surface area (Å²) >= 11 is 1.89. The number of nitrogens with zero attached hydrogens (tertiary/aromatic N) is 1. The first kappa shape index (κ1) is 15.1. The highest BCUT2D eigenvalue weighted by atomic mass is 32.2. The highest BCUT2D eigenvalue weighted by Gasteiger charge is 2.22. The molecule has 1 saturated heterocycles. The molecule has 1 aliphatic rings. The smallest absolute Gasteiger partial charge is 0.260 e. The van der Waals surface area contributed by atoms with Gasteiger partial charge in [0.05, 0.1) is 0 Å². The summed E-state index contributed by atoms with van der Waals surface area (Å²) < 4.78 is 31.2. The van der Waals surface area contributed by atoms with Gasteiger partial charge < -0.3 is 9.64 Å². The van der Waals surface area contributed by atoms with E-state index in [1.165, 1.54) is 6.07 Å². The maximum Gasteiger partial charge on any atom is 0.260 e. The van der Waals surface area contributed by atoms with Crippen molar-refractivity contribution >= 4 is 17.7 Å². The second-order valence-corrected chi connectivity index (χ2v) is 5.94. The molecule has 0 aromatic heterocycles. The fraction of sp³-hybridized carbons (Fsp3) is 0.500. The van der Waals surface area contributed by atoms with Crippen LogP contribution < -0.4 is 4.74 Å². The molecule has 0 unspecified atom stereocenters. The number of amides is 1. The van der Waals surface area contributed by atoms with Crippen molar-refractivity contribution in [2.75, 3.05) is 25.2 Å². The van der Waals surface area contributed by atoms with Gasteiger partial charge in [-0.3, -0.25) is 4.79 Å². The number of ether oxygens (including phenoxy) is 1.